The van der Waals surface area contributed by atoms with E-state index in [1.807, 2.05) is 12.1 Å². The molecule has 4 heteroatoms. The van der Waals surface area contributed by atoms with Crippen LogP contribution in [0.25, 0.3) is 16.5 Å². The summed E-state index contributed by atoms with van der Waals surface area (Å²) in [5.74, 6) is -0.694. The SMILES string of the molecule is CCCCCCCCc1c(C2C(=O)C(=C3C(C)=[N+](CCCCCCCC)c4ccccc43)C2=O)c2ccccc2n1CC. The molecule has 5 rings (SSSR count). The predicted molar refractivity (Wildman–Crippen MR) is 180 cm³/mol. The number of allylic oxidation sites excluding steroid dienone is 2. The van der Waals surface area contributed by atoms with Gasteiger partial charge in [0.2, 0.25) is 5.69 Å². The molecule has 0 atom stereocenters. The van der Waals surface area contributed by atoms with Crippen molar-refractivity contribution >= 4 is 39.4 Å². The molecule has 0 amide bonds. The highest BCUT2D eigenvalue weighted by Gasteiger charge is 2.51. The summed E-state index contributed by atoms with van der Waals surface area (Å²) in [5.41, 5.74) is 7.79. The van der Waals surface area contributed by atoms with Crippen molar-refractivity contribution in [3.05, 3.63) is 70.9 Å². The fourth-order valence-corrected chi connectivity index (χ4v) is 7.45. The number of aromatic nitrogens is 1. The lowest BCUT2D eigenvalue weighted by molar-refractivity contribution is -0.438. The summed E-state index contributed by atoms with van der Waals surface area (Å²) in [6.45, 7) is 10.5. The van der Waals surface area contributed by atoms with E-state index in [0.717, 1.165) is 71.4 Å². The van der Waals surface area contributed by atoms with Crippen LogP contribution in [0.15, 0.2) is 54.1 Å². The maximum Gasteiger partial charge on any atom is 0.213 e. The monoisotopic (exact) mass is 579 g/mol. The molecule has 2 heterocycles. The summed E-state index contributed by atoms with van der Waals surface area (Å²) in [5, 5.41) is 1.07. The molecule has 1 aromatic heterocycles. The number of carbonyl (C=O) groups is 2. The summed E-state index contributed by atoms with van der Waals surface area (Å²) < 4.78 is 4.70. The zero-order valence-corrected chi connectivity index (χ0v) is 27.0. The molecule has 1 aliphatic carbocycles. The molecular weight excluding hydrogens is 528 g/mol. The summed E-state index contributed by atoms with van der Waals surface area (Å²) in [6, 6.07) is 16.7. The Labute approximate surface area is 258 Å². The van der Waals surface area contributed by atoms with Crippen molar-refractivity contribution in [3.63, 3.8) is 0 Å². The van der Waals surface area contributed by atoms with E-state index in [1.165, 1.54) is 69.9 Å². The Morgan fingerprint density at radius 3 is 2.00 bits per heavy atom. The first-order valence-electron chi connectivity index (χ1n) is 17.2. The molecule has 0 saturated heterocycles. The standard InChI is InChI=1S/C39H51N2O2/c1-5-8-10-12-14-16-26-33-35(30-23-18-19-24-31(30)40(33)7-3)37-38(42)36(39(37)43)34-28(4)41(27-21-15-13-11-9-6-2)32-25-20-17-22-29(32)34/h17-20,22-25,37H,5-16,21,26-27H2,1-4H3/q+1. The second-order valence-corrected chi connectivity index (χ2v) is 12.6. The third-order valence-corrected chi connectivity index (χ3v) is 9.73. The number of ketones is 2. The van der Waals surface area contributed by atoms with Crippen molar-refractivity contribution in [1.82, 2.24) is 4.57 Å². The number of hydrogen-bond donors (Lipinski definition) is 0. The molecule has 1 aliphatic heterocycles. The zero-order chi connectivity index (χ0) is 30.3. The van der Waals surface area contributed by atoms with E-state index in [0.29, 0.717) is 5.57 Å². The molecule has 3 aromatic rings. The van der Waals surface area contributed by atoms with Gasteiger partial charge >= 0.3 is 0 Å². The molecule has 2 aliphatic rings. The Morgan fingerprint density at radius 1 is 0.698 bits per heavy atom. The van der Waals surface area contributed by atoms with Crippen LogP contribution in [0.1, 0.15) is 127 Å². The minimum atomic E-state index is -0.692. The summed E-state index contributed by atoms with van der Waals surface area (Å²) in [7, 11) is 0. The highest BCUT2D eigenvalue weighted by molar-refractivity contribution is 6.50. The predicted octanol–water partition coefficient (Wildman–Crippen LogP) is 9.73. The molecule has 2 aromatic carbocycles. The molecule has 0 bridgehead atoms. The number of aryl methyl sites for hydroxylation is 1. The van der Waals surface area contributed by atoms with Gasteiger partial charge < -0.3 is 4.57 Å². The van der Waals surface area contributed by atoms with Gasteiger partial charge in [0.1, 0.15) is 12.5 Å². The topological polar surface area (TPSA) is 42.1 Å². The Kier molecular flexibility index (Phi) is 10.5. The van der Waals surface area contributed by atoms with Crippen molar-refractivity contribution in [2.45, 2.75) is 124 Å². The molecular formula is C39H51N2O2+. The van der Waals surface area contributed by atoms with Gasteiger partial charge in [-0.15, -0.1) is 0 Å². The molecule has 0 unspecified atom stereocenters. The summed E-state index contributed by atoms with van der Waals surface area (Å²) >= 11 is 0. The van der Waals surface area contributed by atoms with Gasteiger partial charge in [-0.1, -0.05) is 102 Å². The Morgan fingerprint density at radius 2 is 1.30 bits per heavy atom. The fraction of sp³-hybridized carbons (Fsp3) is 0.513. The number of nitrogens with zero attached hydrogens (tertiary/aromatic N) is 2. The van der Waals surface area contributed by atoms with Crippen molar-refractivity contribution < 1.29 is 14.2 Å². The molecule has 0 radical (unpaired) electrons. The van der Waals surface area contributed by atoms with E-state index in [1.54, 1.807) is 0 Å². The van der Waals surface area contributed by atoms with Crippen molar-refractivity contribution in [1.29, 1.82) is 0 Å². The molecule has 0 spiro atoms. The number of para-hydroxylation sites is 2. The molecule has 228 valence electrons. The quantitative estimate of drug-likeness (QED) is 0.0557. The van der Waals surface area contributed by atoms with Crippen molar-refractivity contribution in [2.75, 3.05) is 6.54 Å². The molecule has 1 saturated carbocycles. The van der Waals surface area contributed by atoms with Gasteiger partial charge in [-0.05, 0) is 43.9 Å². The number of fused-ring (bicyclic) bond motifs is 2. The number of carbonyl (C=O) groups excluding carboxylic acids is 2. The van der Waals surface area contributed by atoms with Crippen LogP contribution in [0, 0.1) is 0 Å². The van der Waals surface area contributed by atoms with E-state index in [-0.39, 0.29) is 11.6 Å². The molecule has 43 heavy (non-hydrogen) atoms. The van der Waals surface area contributed by atoms with Crippen LogP contribution in [-0.2, 0) is 22.6 Å². The largest absolute Gasteiger partial charge is 0.345 e. The summed E-state index contributed by atoms with van der Waals surface area (Å²) in [4.78, 5) is 28.4. The van der Waals surface area contributed by atoms with Crippen LogP contribution in [0.2, 0.25) is 0 Å². The van der Waals surface area contributed by atoms with Crippen LogP contribution in [0.5, 0.6) is 0 Å². The smallest absolute Gasteiger partial charge is 0.213 e. The average molecular weight is 580 g/mol. The van der Waals surface area contributed by atoms with Crippen LogP contribution >= 0.6 is 0 Å². The maximum atomic E-state index is 14.2. The number of unbranched alkanes of at least 4 members (excludes halogenated alkanes) is 10. The van der Waals surface area contributed by atoms with Crippen molar-refractivity contribution in [3.8, 4) is 0 Å². The Bertz CT molecular complexity index is 1520. The second kappa shape index (κ2) is 14.5. The fourth-order valence-electron chi connectivity index (χ4n) is 7.45. The highest BCUT2D eigenvalue weighted by atomic mass is 16.2. The van der Waals surface area contributed by atoms with Crippen LogP contribution in [-0.4, -0.2) is 33.0 Å². The van der Waals surface area contributed by atoms with Gasteiger partial charge in [0.25, 0.3) is 0 Å². The average Bonchev–Trinajstić information content (AvgIpc) is 3.47. The molecule has 4 nitrogen and oxygen atoms in total. The van der Waals surface area contributed by atoms with E-state index in [4.69, 9.17) is 0 Å². The van der Waals surface area contributed by atoms with Gasteiger partial charge in [-0.3, -0.25) is 9.59 Å². The van der Waals surface area contributed by atoms with Gasteiger partial charge in [-0.2, -0.15) is 4.58 Å². The zero-order valence-electron chi connectivity index (χ0n) is 27.0. The number of Topliss-reactive ketones (excluding diaryl/α,β-unsaturated/α-hetero) is 2. The first-order chi connectivity index (χ1) is 21.0. The highest BCUT2D eigenvalue weighted by Crippen LogP contribution is 2.47. The van der Waals surface area contributed by atoms with Gasteiger partial charge in [-0.25, -0.2) is 0 Å². The van der Waals surface area contributed by atoms with E-state index in [9.17, 15) is 9.59 Å². The third kappa shape index (κ3) is 6.08. The number of hydrogen-bond acceptors (Lipinski definition) is 2. The lowest BCUT2D eigenvalue weighted by Crippen LogP contribution is -2.40. The van der Waals surface area contributed by atoms with Crippen molar-refractivity contribution in [2.24, 2.45) is 0 Å². The lowest BCUT2D eigenvalue weighted by Gasteiger charge is -2.28. The number of benzene rings is 2. The van der Waals surface area contributed by atoms with E-state index in [2.05, 4.69) is 73.2 Å². The van der Waals surface area contributed by atoms with Gasteiger partial charge in [0, 0.05) is 42.6 Å². The minimum Gasteiger partial charge on any atom is -0.345 e. The van der Waals surface area contributed by atoms with E-state index >= 15 is 0 Å². The van der Waals surface area contributed by atoms with Crippen LogP contribution < -0.4 is 0 Å². The first kappa shape index (κ1) is 31.2. The number of rotatable bonds is 16. The Hall–Kier alpha value is -3.27. The first-order valence-corrected chi connectivity index (χ1v) is 17.2. The molecule has 1 fully saturated rings. The van der Waals surface area contributed by atoms with Gasteiger partial charge in [0.15, 0.2) is 17.3 Å². The van der Waals surface area contributed by atoms with E-state index < -0.39 is 5.92 Å². The minimum absolute atomic E-state index is 0.00114. The van der Waals surface area contributed by atoms with Gasteiger partial charge in [0.05, 0.1) is 16.7 Å². The molecule has 0 N–H and O–H groups in total. The lowest BCUT2D eigenvalue weighted by atomic mass is 9.69. The maximum absolute atomic E-state index is 14.2. The summed E-state index contributed by atoms with van der Waals surface area (Å²) in [6.07, 6.45) is 15.7. The third-order valence-electron chi connectivity index (χ3n) is 9.73. The van der Waals surface area contributed by atoms with Crippen LogP contribution in [0.4, 0.5) is 5.69 Å². The Balaban J connectivity index is 1.46. The second-order valence-electron chi connectivity index (χ2n) is 12.6. The van der Waals surface area contributed by atoms with Crippen LogP contribution in [0.3, 0.4) is 0 Å². The normalized spacial score (nSPS) is 16.5.